The summed E-state index contributed by atoms with van der Waals surface area (Å²) >= 11 is 0. The molecule has 4 aromatic rings. The number of amides is 1. The second-order valence-electron chi connectivity index (χ2n) is 8.53. The summed E-state index contributed by atoms with van der Waals surface area (Å²) in [4.78, 5) is 17.7. The summed E-state index contributed by atoms with van der Waals surface area (Å²) < 4.78 is 16.8. The predicted molar refractivity (Wildman–Crippen MR) is 135 cm³/mol. The summed E-state index contributed by atoms with van der Waals surface area (Å²) in [6.07, 6.45) is 0. The molecule has 1 amide bonds. The van der Waals surface area contributed by atoms with Gasteiger partial charge in [0.05, 0.1) is 25.9 Å². The number of anilines is 2. The number of carbonyl (C=O) groups is 1. The van der Waals surface area contributed by atoms with Gasteiger partial charge in [0.25, 0.3) is 0 Å². The minimum atomic E-state index is -0.269. The molecule has 1 atom stereocenters. The van der Waals surface area contributed by atoms with Crippen LogP contribution in [-0.4, -0.2) is 57.2 Å². The highest BCUT2D eigenvalue weighted by Crippen LogP contribution is 2.36. The summed E-state index contributed by atoms with van der Waals surface area (Å²) in [5.41, 5.74) is 3.31. The van der Waals surface area contributed by atoms with E-state index in [1.807, 2.05) is 55.5 Å². The van der Waals surface area contributed by atoms with Crippen LogP contribution < -0.4 is 19.7 Å². The number of ether oxygens (including phenoxy) is 2. The van der Waals surface area contributed by atoms with Crippen LogP contribution in [0.3, 0.4) is 0 Å². The lowest BCUT2D eigenvalue weighted by Gasteiger charge is -2.38. The lowest BCUT2D eigenvalue weighted by Crippen LogP contribution is -2.52. The minimum Gasteiger partial charge on any atom is -0.497 e. The molecule has 2 heterocycles. The monoisotopic (exact) mass is 459 g/mol. The summed E-state index contributed by atoms with van der Waals surface area (Å²) in [5, 5.41) is 5.05. The van der Waals surface area contributed by atoms with Gasteiger partial charge < -0.3 is 24.1 Å². The zero-order chi connectivity index (χ0) is 23.7. The topological polar surface area (TPSA) is 67.2 Å². The largest absolute Gasteiger partial charge is 0.497 e. The first-order chi connectivity index (χ1) is 16.6. The first-order valence-electron chi connectivity index (χ1n) is 11.5. The number of benzene rings is 3. The second-order valence-corrected chi connectivity index (χ2v) is 8.53. The van der Waals surface area contributed by atoms with Crippen LogP contribution in [0.5, 0.6) is 11.5 Å². The number of rotatable bonds is 6. The van der Waals surface area contributed by atoms with Crippen molar-refractivity contribution in [2.75, 3.05) is 50.6 Å². The lowest BCUT2D eigenvalue weighted by molar-refractivity contribution is -0.120. The Hall–Kier alpha value is -3.71. The van der Waals surface area contributed by atoms with Gasteiger partial charge in [-0.05, 0) is 43.3 Å². The molecule has 5 rings (SSSR count). The van der Waals surface area contributed by atoms with E-state index in [1.54, 1.807) is 14.2 Å². The highest BCUT2D eigenvalue weighted by molar-refractivity contribution is 6.08. The Bertz CT molecular complexity index is 1310. The van der Waals surface area contributed by atoms with Crippen LogP contribution in [0.4, 0.5) is 11.4 Å². The third kappa shape index (κ3) is 4.15. The van der Waals surface area contributed by atoms with Gasteiger partial charge in [-0.2, -0.15) is 0 Å². The number of methoxy groups -OCH3 is 2. The fraction of sp³-hybridized carbons (Fsp3) is 0.296. The highest BCUT2D eigenvalue weighted by Gasteiger charge is 2.26. The average molecular weight is 460 g/mol. The molecule has 7 heteroatoms. The van der Waals surface area contributed by atoms with E-state index in [1.165, 1.54) is 5.69 Å². The van der Waals surface area contributed by atoms with Crippen molar-refractivity contribution < 1.29 is 18.7 Å². The molecule has 0 aliphatic carbocycles. The SMILES string of the molecule is COc1ccc(N2CCN([C@@H](C)C(=O)Nc3cc4oc5ccccc5c4cc3OC)CC2)cc1. The molecule has 1 saturated heterocycles. The number of para-hydroxylation sites is 1. The molecule has 7 nitrogen and oxygen atoms in total. The Morgan fingerprint density at radius 3 is 2.35 bits per heavy atom. The van der Waals surface area contributed by atoms with Crippen molar-refractivity contribution in [3.63, 3.8) is 0 Å². The summed E-state index contributed by atoms with van der Waals surface area (Å²) in [6, 6.07) is 19.5. The van der Waals surface area contributed by atoms with Gasteiger partial charge in [0, 0.05) is 48.7 Å². The van der Waals surface area contributed by atoms with E-state index in [2.05, 4.69) is 27.2 Å². The van der Waals surface area contributed by atoms with Gasteiger partial charge in [0.2, 0.25) is 5.91 Å². The molecule has 0 bridgehead atoms. The molecule has 1 N–H and O–H groups in total. The number of carbonyl (C=O) groups excluding carboxylic acids is 1. The first kappa shape index (κ1) is 22.1. The Morgan fingerprint density at radius 1 is 0.912 bits per heavy atom. The zero-order valence-corrected chi connectivity index (χ0v) is 19.7. The maximum atomic E-state index is 13.1. The zero-order valence-electron chi connectivity index (χ0n) is 19.7. The molecule has 0 unspecified atom stereocenters. The van der Waals surface area contributed by atoms with Gasteiger partial charge in [0.1, 0.15) is 22.7 Å². The van der Waals surface area contributed by atoms with E-state index in [4.69, 9.17) is 13.9 Å². The minimum absolute atomic E-state index is 0.0633. The normalized spacial score (nSPS) is 15.4. The molecule has 0 saturated carbocycles. The van der Waals surface area contributed by atoms with Crippen molar-refractivity contribution in [2.45, 2.75) is 13.0 Å². The van der Waals surface area contributed by atoms with Crippen molar-refractivity contribution in [1.29, 1.82) is 0 Å². The van der Waals surface area contributed by atoms with E-state index >= 15 is 0 Å². The Kier molecular flexibility index (Phi) is 6.02. The number of hydrogen-bond donors (Lipinski definition) is 1. The van der Waals surface area contributed by atoms with E-state index < -0.39 is 0 Å². The number of piperazine rings is 1. The Morgan fingerprint density at radius 2 is 1.65 bits per heavy atom. The Labute approximate surface area is 198 Å². The quantitative estimate of drug-likeness (QED) is 0.449. The average Bonchev–Trinajstić information content (AvgIpc) is 3.25. The fourth-order valence-corrected chi connectivity index (χ4v) is 4.58. The predicted octanol–water partition coefficient (Wildman–Crippen LogP) is 4.75. The van der Waals surface area contributed by atoms with Crippen molar-refractivity contribution in [2.24, 2.45) is 0 Å². The molecular weight excluding hydrogens is 430 g/mol. The highest BCUT2D eigenvalue weighted by atomic mass is 16.5. The van der Waals surface area contributed by atoms with Crippen molar-refractivity contribution in [3.05, 3.63) is 60.7 Å². The molecule has 1 aromatic heterocycles. The first-order valence-corrected chi connectivity index (χ1v) is 11.5. The number of hydrogen-bond acceptors (Lipinski definition) is 6. The van der Waals surface area contributed by atoms with Gasteiger partial charge in [-0.15, -0.1) is 0 Å². The third-order valence-corrected chi connectivity index (χ3v) is 6.64. The molecule has 0 radical (unpaired) electrons. The van der Waals surface area contributed by atoms with E-state index in [-0.39, 0.29) is 11.9 Å². The van der Waals surface area contributed by atoms with Crippen LogP contribution in [-0.2, 0) is 4.79 Å². The fourth-order valence-electron chi connectivity index (χ4n) is 4.58. The molecular formula is C27H29N3O4. The van der Waals surface area contributed by atoms with Gasteiger partial charge >= 0.3 is 0 Å². The van der Waals surface area contributed by atoms with Gasteiger partial charge in [-0.1, -0.05) is 18.2 Å². The van der Waals surface area contributed by atoms with Crippen molar-refractivity contribution in [1.82, 2.24) is 4.90 Å². The number of furan rings is 1. The summed E-state index contributed by atoms with van der Waals surface area (Å²) in [7, 11) is 3.28. The van der Waals surface area contributed by atoms with Crippen LogP contribution >= 0.6 is 0 Å². The maximum absolute atomic E-state index is 13.1. The summed E-state index contributed by atoms with van der Waals surface area (Å²) in [6.45, 7) is 5.28. The van der Waals surface area contributed by atoms with E-state index in [0.717, 1.165) is 53.9 Å². The molecule has 176 valence electrons. The van der Waals surface area contributed by atoms with E-state index in [0.29, 0.717) is 11.4 Å². The summed E-state index contributed by atoms with van der Waals surface area (Å²) in [5.74, 6) is 1.40. The standard InChI is InChI=1S/C27H29N3O4/c1-18(29-12-14-30(15-13-29)19-8-10-20(32-2)11-9-19)27(31)28-23-17-25-22(16-26(23)33-3)21-6-4-5-7-24(21)34-25/h4-11,16-18H,12-15H2,1-3H3,(H,28,31)/t18-/m0/s1. The molecule has 3 aromatic carbocycles. The number of nitrogens with one attached hydrogen (secondary N) is 1. The number of nitrogens with zero attached hydrogens (tertiary/aromatic N) is 2. The molecule has 34 heavy (non-hydrogen) atoms. The van der Waals surface area contributed by atoms with Crippen LogP contribution in [0.25, 0.3) is 21.9 Å². The smallest absolute Gasteiger partial charge is 0.241 e. The van der Waals surface area contributed by atoms with E-state index in [9.17, 15) is 4.79 Å². The van der Waals surface area contributed by atoms with Crippen molar-refractivity contribution >= 4 is 39.2 Å². The van der Waals surface area contributed by atoms with Crippen LogP contribution in [0, 0.1) is 0 Å². The second kappa shape index (κ2) is 9.27. The molecule has 1 aliphatic heterocycles. The van der Waals surface area contributed by atoms with Crippen LogP contribution in [0.15, 0.2) is 65.1 Å². The molecule has 1 fully saturated rings. The van der Waals surface area contributed by atoms with Crippen LogP contribution in [0.2, 0.25) is 0 Å². The lowest BCUT2D eigenvalue weighted by atomic mass is 10.1. The number of fused-ring (bicyclic) bond motifs is 3. The Balaban J connectivity index is 1.27. The third-order valence-electron chi connectivity index (χ3n) is 6.64. The van der Waals surface area contributed by atoms with Crippen molar-refractivity contribution in [3.8, 4) is 11.5 Å². The van der Waals surface area contributed by atoms with Gasteiger partial charge in [-0.3, -0.25) is 9.69 Å². The molecule has 1 aliphatic rings. The van der Waals surface area contributed by atoms with Crippen LogP contribution in [0.1, 0.15) is 6.92 Å². The van der Waals surface area contributed by atoms with Gasteiger partial charge in [-0.25, -0.2) is 0 Å². The molecule has 0 spiro atoms. The van der Waals surface area contributed by atoms with Gasteiger partial charge in [0.15, 0.2) is 0 Å². The maximum Gasteiger partial charge on any atom is 0.241 e.